The van der Waals surface area contributed by atoms with E-state index in [-0.39, 0.29) is 0 Å². The lowest BCUT2D eigenvalue weighted by Gasteiger charge is -2.26. The number of hydrogen-bond acceptors (Lipinski definition) is 1. The number of rotatable bonds is 5. The highest BCUT2D eigenvalue weighted by molar-refractivity contribution is 5.77. The van der Waals surface area contributed by atoms with E-state index in [9.17, 15) is 0 Å². The largest absolute Gasteiger partial charge is 0.310 e. The Hall–Kier alpha value is -2.80. The number of nitrogens with zero attached hydrogens (tertiary/aromatic N) is 1. The normalized spacial score (nSPS) is 10.7. The fourth-order valence-electron chi connectivity index (χ4n) is 2.94. The van der Waals surface area contributed by atoms with Crippen LogP contribution >= 0.6 is 0 Å². The molecule has 0 saturated heterocycles. The Labute approximate surface area is 151 Å². The molecule has 0 radical (unpaired) electrons. The Morgan fingerprint density at radius 1 is 0.800 bits per heavy atom. The molecule has 0 aromatic heterocycles. The van der Waals surface area contributed by atoms with Gasteiger partial charge in [-0.15, -0.1) is 0 Å². The van der Waals surface area contributed by atoms with E-state index in [2.05, 4.69) is 105 Å². The zero-order chi connectivity index (χ0) is 17.8. The minimum Gasteiger partial charge on any atom is -0.310 e. The van der Waals surface area contributed by atoms with E-state index in [0.29, 0.717) is 5.92 Å². The summed E-state index contributed by atoms with van der Waals surface area (Å²) in [5, 5.41) is 0. The first-order valence-electron chi connectivity index (χ1n) is 8.78. The van der Waals surface area contributed by atoms with Crippen molar-refractivity contribution in [1.29, 1.82) is 0 Å². The molecule has 0 unspecified atom stereocenters. The van der Waals surface area contributed by atoms with Gasteiger partial charge in [0.05, 0.1) is 0 Å². The number of anilines is 3. The monoisotopic (exact) mass is 327 g/mol. The second kappa shape index (κ2) is 7.40. The second-order valence-electron chi connectivity index (χ2n) is 6.72. The lowest BCUT2D eigenvalue weighted by molar-refractivity contribution is 0.866. The summed E-state index contributed by atoms with van der Waals surface area (Å²) in [6.07, 6.45) is 1.89. The lowest BCUT2D eigenvalue weighted by atomic mass is 10.0. The molecule has 126 valence electrons. The predicted octanol–water partition coefficient (Wildman–Crippen LogP) is 7.23. The molecule has 25 heavy (non-hydrogen) atoms. The topological polar surface area (TPSA) is 3.24 Å². The van der Waals surface area contributed by atoms with E-state index in [1.165, 1.54) is 11.1 Å². The molecule has 0 aliphatic heterocycles. The van der Waals surface area contributed by atoms with Crippen LogP contribution in [0.4, 0.5) is 17.1 Å². The van der Waals surface area contributed by atoms with Gasteiger partial charge in [-0.1, -0.05) is 68.5 Å². The summed E-state index contributed by atoms with van der Waals surface area (Å²) in [7, 11) is 0. The van der Waals surface area contributed by atoms with Gasteiger partial charge in [0.2, 0.25) is 0 Å². The van der Waals surface area contributed by atoms with Crippen LogP contribution in [-0.2, 0) is 0 Å². The molecule has 0 N–H and O–H groups in total. The number of hydrogen-bond donors (Lipinski definition) is 0. The zero-order valence-electron chi connectivity index (χ0n) is 15.2. The zero-order valence-corrected chi connectivity index (χ0v) is 15.2. The molecule has 0 fully saturated rings. The van der Waals surface area contributed by atoms with Crippen LogP contribution in [0, 0.1) is 6.92 Å². The van der Waals surface area contributed by atoms with Crippen LogP contribution in [0.3, 0.4) is 0 Å². The van der Waals surface area contributed by atoms with E-state index in [0.717, 1.165) is 22.6 Å². The molecule has 0 aliphatic rings. The maximum atomic E-state index is 3.90. The second-order valence-corrected chi connectivity index (χ2v) is 6.72. The Kier molecular flexibility index (Phi) is 5.04. The molecule has 0 aliphatic carbocycles. The standard InChI is InChI=1S/C24H25N/c1-5-20-7-6-8-24(17-20)25(22-13-9-19(4)10-14-22)23-15-11-21(12-16-23)18(2)3/h5-18H,1H2,2-4H3. The van der Waals surface area contributed by atoms with Crippen LogP contribution in [-0.4, -0.2) is 0 Å². The van der Waals surface area contributed by atoms with Crippen molar-refractivity contribution in [3.05, 3.63) is 96.1 Å². The van der Waals surface area contributed by atoms with Crippen LogP contribution in [0.1, 0.15) is 36.5 Å². The fraction of sp³-hybridized carbons (Fsp3) is 0.167. The molecule has 3 rings (SSSR count). The van der Waals surface area contributed by atoms with Gasteiger partial charge >= 0.3 is 0 Å². The van der Waals surface area contributed by atoms with E-state index >= 15 is 0 Å². The Bertz CT molecular complexity index is 842. The van der Waals surface area contributed by atoms with Crippen molar-refractivity contribution in [2.24, 2.45) is 0 Å². The van der Waals surface area contributed by atoms with E-state index in [4.69, 9.17) is 0 Å². The first kappa shape index (κ1) is 17.0. The molecule has 1 heteroatoms. The molecule has 3 aromatic rings. The average Bonchev–Trinajstić information content (AvgIpc) is 2.64. The van der Waals surface area contributed by atoms with Gasteiger partial charge in [0.15, 0.2) is 0 Å². The molecule has 0 bridgehead atoms. The van der Waals surface area contributed by atoms with Gasteiger partial charge in [-0.3, -0.25) is 0 Å². The molecule has 0 saturated carbocycles. The van der Waals surface area contributed by atoms with Gasteiger partial charge in [-0.05, 0) is 60.4 Å². The molecule has 3 aromatic carbocycles. The van der Waals surface area contributed by atoms with Gasteiger partial charge in [-0.25, -0.2) is 0 Å². The van der Waals surface area contributed by atoms with Crippen LogP contribution in [0.25, 0.3) is 6.08 Å². The first-order valence-corrected chi connectivity index (χ1v) is 8.78. The Morgan fingerprint density at radius 3 is 1.96 bits per heavy atom. The maximum Gasteiger partial charge on any atom is 0.0467 e. The van der Waals surface area contributed by atoms with E-state index < -0.39 is 0 Å². The fourth-order valence-corrected chi connectivity index (χ4v) is 2.94. The smallest absolute Gasteiger partial charge is 0.0467 e. The van der Waals surface area contributed by atoms with Crippen LogP contribution in [0.2, 0.25) is 0 Å². The van der Waals surface area contributed by atoms with E-state index in [1.807, 2.05) is 6.08 Å². The summed E-state index contributed by atoms with van der Waals surface area (Å²) < 4.78 is 0. The highest BCUT2D eigenvalue weighted by Gasteiger charge is 2.13. The van der Waals surface area contributed by atoms with Gasteiger partial charge in [-0.2, -0.15) is 0 Å². The van der Waals surface area contributed by atoms with Crippen molar-refractivity contribution in [3.63, 3.8) is 0 Å². The first-order chi connectivity index (χ1) is 12.1. The van der Waals surface area contributed by atoms with Crippen molar-refractivity contribution in [2.45, 2.75) is 26.7 Å². The molecular weight excluding hydrogens is 302 g/mol. The summed E-state index contributed by atoms with van der Waals surface area (Å²) in [6, 6.07) is 26.0. The Balaban J connectivity index is 2.10. The summed E-state index contributed by atoms with van der Waals surface area (Å²) in [4.78, 5) is 2.29. The van der Waals surface area contributed by atoms with Crippen LogP contribution < -0.4 is 4.90 Å². The quantitative estimate of drug-likeness (QED) is 0.477. The highest BCUT2D eigenvalue weighted by Crippen LogP contribution is 2.35. The average molecular weight is 327 g/mol. The van der Waals surface area contributed by atoms with Gasteiger partial charge in [0, 0.05) is 17.1 Å². The van der Waals surface area contributed by atoms with Crippen molar-refractivity contribution in [3.8, 4) is 0 Å². The third kappa shape index (κ3) is 3.83. The summed E-state index contributed by atoms with van der Waals surface area (Å²) in [6.45, 7) is 10.5. The lowest BCUT2D eigenvalue weighted by Crippen LogP contribution is -2.10. The third-order valence-corrected chi connectivity index (χ3v) is 4.47. The van der Waals surface area contributed by atoms with Crippen molar-refractivity contribution >= 4 is 23.1 Å². The minimum absolute atomic E-state index is 0.533. The highest BCUT2D eigenvalue weighted by atomic mass is 15.1. The Morgan fingerprint density at radius 2 is 1.40 bits per heavy atom. The molecule has 1 nitrogen and oxygen atoms in total. The van der Waals surface area contributed by atoms with Crippen molar-refractivity contribution in [2.75, 3.05) is 4.90 Å². The maximum absolute atomic E-state index is 3.90. The van der Waals surface area contributed by atoms with Crippen molar-refractivity contribution < 1.29 is 0 Å². The molecule has 0 heterocycles. The molecular formula is C24H25N. The summed E-state index contributed by atoms with van der Waals surface area (Å²) in [5.41, 5.74) is 7.19. The van der Waals surface area contributed by atoms with E-state index in [1.54, 1.807) is 0 Å². The molecule has 0 atom stereocenters. The summed E-state index contributed by atoms with van der Waals surface area (Å²) >= 11 is 0. The molecule has 0 amide bonds. The van der Waals surface area contributed by atoms with Crippen molar-refractivity contribution in [1.82, 2.24) is 0 Å². The SMILES string of the molecule is C=Cc1cccc(N(c2ccc(C)cc2)c2ccc(C(C)C)cc2)c1. The van der Waals surface area contributed by atoms with Gasteiger partial charge in [0.1, 0.15) is 0 Å². The van der Waals surface area contributed by atoms with Gasteiger partial charge in [0.25, 0.3) is 0 Å². The number of aryl methyl sites for hydroxylation is 1. The number of benzene rings is 3. The van der Waals surface area contributed by atoms with Crippen LogP contribution in [0.5, 0.6) is 0 Å². The summed E-state index contributed by atoms with van der Waals surface area (Å²) in [5.74, 6) is 0.533. The molecule has 0 spiro atoms. The van der Waals surface area contributed by atoms with Crippen LogP contribution in [0.15, 0.2) is 79.4 Å². The third-order valence-electron chi connectivity index (χ3n) is 4.47. The minimum atomic E-state index is 0.533. The van der Waals surface area contributed by atoms with Gasteiger partial charge < -0.3 is 4.90 Å². The predicted molar refractivity (Wildman–Crippen MR) is 110 cm³/mol.